The van der Waals surface area contributed by atoms with E-state index in [1.54, 1.807) is 11.3 Å². The fourth-order valence-electron chi connectivity index (χ4n) is 1.92. The maximum atomic E-state index is 4.55. The lowest BCUT2D eigenvalue weighted by Gasteiger charge is -2.15. The zero-order valence-corrected chi connectivity index (χ0v) is 13.8. The number of halogens is 1. The second kappa shape index (κ2) is 6.80. The molecule has 0 aliphatic carbocycles. The van der Waals surface area contributed by atoms with Crippen molar-refractivity contribution >= 4 is 38.6 Å². The van der Waals surface area contributed by atoms with Gasteiger partial charge in [0.05, 0.1) is 5.01 Å². The van der Waals surface area contributed by atoms with Crippen molar-refractivity contribution in [1.82, 2.24) is 10.3 Å². The van der Waals surface area contributed by atoms with Crippen LogP contribution < -0.4 is 5.32 Å². The van der Waals surface area contributed by atoms with Gasteiger partial charge in [-0.3, -0.25) is 0 Å². The number of thiophene rings is 1. The fourth-order valence-corrected chi connectivity index (χ4v) is 4.30. The van der Waals surface area contributed by atoms with Gasteiger partial charge < -0.3 is 5.32 Å². The number of nitrogens with zero attached hydrogens (tertiary/aromatic N) is 1. The van der Waals surface area contributed by atoms with Crippen molar-refractivity contribution in [1.29, 1.82) is 0 Å². The van der Waals surface area contributed by atoms with E-state index in [2.05, 4.69) is 56.9 Å². The maximum absolute atomic E-state index is 4.55. The van der Waals surface area contributed by atoms with E-state index in [1.165, 1.54) is 14.4 Å². The fraction of sp³-hybridized carbons (Fsp3) is 0.462. The van der Waals surface area contributed by atoms with Crippen molar-refractivity contribution in [3.8, 4) is 0 Å². The normalized spacial score (nSPS) is 12.8. The number of nitrogens with one attached hydrogen (secondary N) is 1. The van der Waals surface area contributed by atoms with Crippen molar-refractivity contribution < 1.29 is 0 Å². The Morgan fingerprint density at radius 3 is 2.72 bits per heavy atom. The number of aryl methyl sites for hydroxylation is 1. The van der Waals surface area contributed by atoms with Crippen LogP contribution in [0.25, 0.3) is 0 Å². The Balaban J connectivity index is 1.99. The third-order valence-corrected chi connectivity index (χ3v) is 5.36. The standard InChI is InChI=1S/C13H17BrN2S2/c1-3-15-11(5-12-4-10(14)8-17-12)6-13-16-9(2)7-18-13/h4,7-8,11,15H,3,5-6H2,1-2H3. The first-order valence-corrected chi connectivity index (χ1v) is 8.60. The van der Waals surface area contributed by atoms with Crippen LogP contribution in [0.3, 0.4) is 0 Å². The summed E-state index contributed by atoms with van der Waals surface area (Å²) in [6.07, 6.45) is 2.09. The van der Waals surface area contributed by atoms with Gasteiger partial charge in [0.15, 0.2) is 0 Å². The van der Waals surface area contributed by atoms with Gasteiger partial charge in [-0.15, -0.1) is 22.7 Å². The van der Waals surface area contributed by atoms with E-state index in [4.69, 9.17) is 0 Å². The molecule has 2 nitrogen and oxygen atoms in total. The Morgan fingerprint density at radius 2 is 2.17 bits per heavy atom. The van der Waals surface area contributed by atoms with Gasteiger partial charge in [0, 0.05) is 38.3 Å². The quantitative estimate of drug-likeness (QED) is 0.855. The molecular formula is C13H17BrN2S2. The van der Waals surface area contributed by atoms with Crippen LogP contribution in [-0.2, 0) is 12.8 Å². The highest BCUT2D eigenvalue weighted by Gasteiger charge is 2.12. The maximum Gasteiger partial charge on any atom is 0.0943 e. The van der Waals surface area contributed by atoms with Gasteiger partial charge in [-0.2, -0.15) is 0 Å². The topological polar surface area (TPSA) is 24.9 Å². The molecule has 5 heteroatoms. The number of rotatable bonds is 6. The summed E-state index contributed by atoms with van der Waals surface area (Å²) >= 11 is 7.09. The van der Waals surface area contributed by atoms with Crippen LogP contribution in [0, 0.1) is 6.92 Å². The van der Waals surface area contributed by atoms with Crippen LogP contribution in [0.5, 0.6) is 0 Å². The van der Waals surface area contributed by atoms with E-state index in [0.29, 0.717) is 6.04 Å². The van der Waals surface area contributed by atoms with Gasteiger partial charge in [0.1, 0.15) is 0 Å². The van der Waals surface area contributed by atoms with E-state index in [0.717, 1.165) is 25.1 Å². The van der Waals surface area contributed by atoms with Crippen LogP contribution in [0.2, 0.25) is 0 Å². The summed E-state index contributed by atoms with van der Waals surface area (Å²) < 4.78 is 1.18. The monoisotopic (exact) mass is 344 g/mol. The molecule has 98 valence electrons. The molecule has 0 aliphatic heterocycles. The lowest BCUT2D eigenvalue weighted by Crippen LogP contribution is -2.32. The van der Waals surface area contributed by atoms with Crippen molar-refractivity contribution in [2.75, 3.05) is 6.54 Å². The highest BCUT2D eigenvalue weighted by Crippen LogP contribution is 2.22. The molecule has 2 aromatic heterocycles. The third-order valence-electron chi connectivity index (χ3n) is 2.65. The van der Waals surface area contributed by atoms with E-state index >= 15 is 0 Å². The molecule has 1 unspecified atom stereocenters. The molecule has 0 radical (unpaired) electrons. The minimum absolute atomic E-state index is 0.478. The number of thiazole rings is 1. The summed E-state index contributed by atoms with van der Waals surface area (Å²) in [7, 11) is 0. The average molecular weight is 345 g/mol. The lowest BCUT2D eigenvalue weighted by atomic mass is 10.1. The number of hydrogen-bond donors (Lipinski definition) is 1. The molecular weight excluding hydrogens is 328 g/mol. The number of likely N-dealkylation sites (N-methyl/N-ethyl adjacent to an activating group) is 1. The van der Waals surface area contributed by atoms with Gasteiger partial charge in [0.25, 0.3) is 0 Å². The number of hydrogen-bond acceptors (Lipinski definition) is 4. The van der Waals surface area contributed by atoms with Gasteiger partial charge in [-0.05, 0) is 41.9 Å². The van der Waals surface area contributed by atoms with Crippen molar-refractivity contribution in [2.45, 2.75) is 32.7 Å². The summed E-state index contributed by atoms with van der Waals surface area (Å²) in [4.78, 5) is 5.97. The molecule has 2 heterocycles. The first-order chi connectivity index (χ1) is 8.67. The smallest absolute Gasteiger partial charge is 0.0943 e. The Labute approximate surface area is 125 Å². The molecule has 2 aromatic rings. The summed E-state index contributed by atoms with van der Waals surface area (Å²) in [6, 6.07) is 2.69. The largest absolute Gasteiger partial charge is 0.313 e. The SMILES string of the molecule is CCNC(Cc1cc(Br)cs1)Cc1nc(C)cs1. The van der Waals surface area contributed by atoms with Crippen LogP contribution in [-0.4, -0.2) is 17.6 Å². The first-order valence-electron chi connectivity index (χ1n) is 6.04. The lowest BCUT2D eigenvalue weighted by molar-refractivity contribution is 0.523. The molecule has 0 amide bonds. The molecule has 1 atom stereocenters. The summed E-state index contributed by atoms with van der Waals surface area (Å²) in [5.41, 5.74) is 1.13. The van der Waals surface area contributed by atoms with Crippen molar-refractivity contribution in [3.05, 3.63) is 36.9 Å². The second-order valence-electron chi connectivity index (χ2n) is 4.28. The third kappa shape index (κ3) is 4.16. The molecule has 0 bridgehead atoms. The molecule has 0 aromatic carbocycles. The minimum atomic E-state index is 0.478. The molecule has 0 saturated carbocycles. The molecule has 2 rings (SSSR count). The molecule has 0 saturated heterocycles. The Kier molecular flexibility index (Phi) is 5.36. The zero-order chi connectivity index (χ0) is 13.0. The van der Waals surface area contributed by atoms with Crippen molar-refractivity contribution in [2.24, 2.45) is 0 Å². The molecule has 0 spiro atoms. The first kappa shape index (κ1) is 14.2. The summed E-state index contributed by atoms with van der Waals surface area (Å²) in [5.74, 6) is 0. The highest BCUT2D eigenvalue weighted by atomic mass is 79.9. The van der Waals surface area contributed by atoms with Crippen LogP contribution in [0.4, 0.5) is 0 Å². The minimum Gasteiger partial charge on any atom is -0.313 e. The van der Waals surface area contributed by atoms with Gasteiger partial charge in [0.2, 0.25) is 0 Å². The highest BCUT2D eigenvalue weighted by molar-refractivity contribution is 9.10. The molecule has 1 N–H and O–H groups in total. The predicted molar refractivity (Wildman–Crippen MR) is 83.7 cm³/mol. The summed E-state index contributed by atoms with van der Waals surface area (Å²) in [6.45, 7) is 5.21. The van der Waals surface area contributed by atoms with E-state index < -0.39 is 0 Å². The average Bonchev–Trinajstić information content (AvgIpc) is 2.89. The predicted octanol–water partition coefficient (Wildman–Crippen LogP) is 4.04. The Hall–Kier alpha value is -0.230. The van der Waals surface area contributed by atoms with E-state index in [9.17, 15) is 0 Å². The van der Waals surface area contributed by atoms with Gasteiger partial charge in [-0.25, -0.2) is 4.98 Å². The Bertz CT molecular complexity index is 450. The molecule has 18 heavy (non-hydrogen) atoms. The van der Waals surface area contributed by atoms with Crippen LogP contribution in [0.15, 0.2) is 21.3 Å². The zero-order valence-electron chi connectivity index (χ0n) is 10.6. The van der Waals surface area contributed by atoms with Crippen LogP contribution in [0.1, 0.15) is 22.5 Å². The summed E-state index contributed by atoms with van der Waals surface area (Å²) in [5, 5.41) is 9.06. The van der Waals surface area contributed by atoms with Crippen LogP contribution >= 0.6 is 38.6 Å². The van der Waals surface area contributed by atoms with Crippen molar-refractivity contribution in [3.63, 3.8) is 0 Å². The van der Waals surface area contributed by atoms with E-state index in [1.807, 2.05) is 11.3 Å². The Morgan fingerprint density at radius 1 is 1.33 bits per heavy atom. The second-order valence-corrected chi connectivity index (χ2v) is 7.13. The molecule has 0 fully saturated rings. The van der Waals surface area contributed by atoms with Gasteiger partial charge in [-0.1, -0.05) is 6.92 Å². The molecule has 0 aliphatic rings. The van der Waals surface area contributed by atoms with E-state index in [-0.39, 0.29) is 0 Å². The van der Waals surface area contributed by atoms with Gasteiger partial charge >= 0.3 is 0 Å². The number of aromatic nitrogens is 1.